The molecule has 2 atom stereocenters. The van der Waals surface area contributed by atoms with E-state index in [9.17, 15) is 19.2 Å². The van der Waals surface area contributed by atoms with Gasteiger partial charge in [-0.3, -0.25) is 9.80 Å². The molecule has 4 aliphatic heterocycles. The first-order chi connectivity index (χ1) is 30.3. The van der Waals surface area contributed by atoms with Crippen LogP contribution in [0.1, 0.15) is 49.7 Å². The molecule has 0 saturated carbocycles. The molecule has 2 unspecified atom stereocenters. The van der Waals surface area contributed by atoms with E-state index in [0.29, 0.717) is 50.9 Å². The SMILES string of the molecule is COCCc1ccc(OCC(CN2CCC(N3CCCNC3=O)CC2)OC(=O)/C=C/C(=O)OC(COc2ccc(CCOC)cc2)CN2CCC(N3CCCNC3=O)CC2)cc1. The van der Waals surface area contributed by atoms with Crippen molar-refractivity contribution >= 4 is 24.0 Å². The van der Waals surface area contributed by atoms with Gasteiger partial charge in [-0.25, -0.2) is 19.2 Å². The predicted molar refractivity (Wildman–Crippen MR) is 232 cm³/mol. The summed E-state index contributed by atoms with van der Waals surface area (Å²) in [4.78, 5) is 59.9. The molecular weight excluding hydrogens is 797 g/mol. The van der Waals surface area contributed by atoms with Crippen molar-refractivity contribution < 1.29 is 47.6 Å². The molecule has 62 heavy (non-hydrogen) atoms. The lowest BCUT2D eigenvalue weighted by Crippen LogP contribution is -2.55. The second-order valence-corrected chi connectivity index (χ2v) is 16.5. The highest BCUT2D eigenvalue weighted by Crippen LogP contribution is 2.22. The molecule has 2 aromatic carbocycles. The van der Waals surface area contributed by atoms with Crippen LogP contribution in [0.2, 0.25) is 0 Å². The fourth-order valence-electron chi connectivity index (χ4n) is 8.51. The number of piperidine rings is 2. The number of likely N-dealkylation sites (tertiary alicyclic amines) is 2. The van der Waals surface area contributed by atoms with Gasteiger partial charge in [-0.15, -0.1) is 0 Å². The number of ether oxygens (including phenoxy) is 6. The van der Waals surface area contributed by atoms with Crippen LogP contribution in [0.25, 0.3) is 0 Å². The van der Waals surface area contributed by atoms with Crippen molar-refractivity contribution in [2.45, 2.75) is 75.7 Å². The minimum absolute atomic E-state index is 0.000536. The molecule has 0 aromatic heterocycles. The fourth-order valence-corrected chi connectivity index (χ4v) is 8.51. The summed E-state index contributed by atoms with van der Waals surface area (Å²) in [7, 11) is 3.35. The lowest BCUT2D eigenvalue weighted by Gasteiger charge is -2.40. The molecule has 0 radical (unpaired) electrons. The maximum atomic E-state index is 13.3. The van der Waals surface area contributed by atoms with Gasteiger partial charge in [0.05, 0.1) is 13.2 Å². The molecule has 16 heteroatoms. The van der Waals surface area contributed by atoms with Crippen LogP contribution in [-0.2, 0) is 41.4 Å². The van der Waals surface area contributed by atoms with Crippen LogP contribution in [0.15, 0.2) is 60.7 Å². The van der Waals surface area contributed by atoms with Gasteiger partial charge in [0.15, 0.2) is 0 Å². The van der Waals surface area contributed by atoms with E-state index < -0.39 is 24.1 Å². The van der Waals surface area contributed by atoms with Gasteiger partial charge >= 0.3 is 24.0 Å². The van der Waals surface area contributed by atoms with E-state index in [1.54, 1.807) is 14.2 Å². The van der Waals surface area contributed by atoms with E-state index in [4.69, 9.17) is 28.4 Å². The van der Waals surface area contributed by atoms with Crippen LogP contribution in [0.3, 0.4) is 0 Å². The fraction of sp³-hybridized carbons (Fsp3) is 0.609. The van der Waals surface area contributed by atoms with Crippen LogP contribution in [0.5, 0.6) is 11.5 Å². The van der Waals surface area contributed by atoms with Gasteiger partial charge in [-0.1, -0.05) is 24.3 Å². The molecule has 6 rings (SSSR count). The lowest BCUT2D eigenvalue weighted by atomic mass is 10.0. The highest BCUT2D eigenvalue weighted by Gasteiger charge is 2.32. The van der Waals surface area contributed by atoms with Crippen molar-refractivity contribution in [3.05, 3.63) is 71.8 Å². The third kappa shape index (κ3) is 14.9. The maximum absolute atomic E-state index is 13.3. The Balaban J connectivity index is 1.04. The molecule has 0 aliphatic carbocycles. The number of nitrogens with zero attached hydrogens (tertiary/aromatic N) is 4. The third-order valence-electron chi connectivity index (χ3n) is 12.0. The minimum Gasteiger partial charge on any atom is -0.490 e. The number of benzene rings is 2. The first kappa shape index (κ1) is 46.6. The van der Waals surface area contributed by atoms with Crippen LogP contribution in [0.4, 0.5) is 9.59 Å². The zero-order valence-corrected chi connectivity index (χ0v) is 36.5. The molecule has 4 fully saturated rings. The Kier molecular flexibility index (Phi) is 18.5. The van der Waals surface area contributed by atoms with Gasteiger partial charge in [-0.2, -0.15) is 0 Å². The second kappa shape index (κ2) is 24.7. The molecule has 16 nitrogen and oxygen atoms in total. The van der Waals surface area contributed by atoms with Crippen molar-refractivity contribution in [1.29, 1.82) is 0 Å². The topological polar surface area (TPSA) is 161 Å². The zero-order chi connectivity index (χ0) is 43.5. The van der Waals surface area contributed by atoms with Gasteiger partial charge in [0.2, 0.25) is 0 Å². The zero-order valence-electron chi connectivity index (χ0n) is 36.5. The number of nitrogens with one attached hydrogen (secondary N) is 2. The summed E-state index contributed by atoms with van der Waals surface area (Å²) in [6.45, 7) is 8.25. The number of hydrogen-bond acceptors (Lipinski definition) is 12. The molecule has 0 bridgehead atoms. The quantitative estimate of drug-likeness (QED) is 0.131. The maximum Gasteiger partial charge on any atom is 0.331 e. The summed E-state index contributed by atoms with van der Waals surface area (Å²) >= 11 is 0. The summed E-state index contributed by atoms with van der Waals surface area (Å²) in [5.41, 5.74) is 2.25. The average Bonchev–Trinajstić information content (AvgIpc) is 3.29. The molecule has 2 aromatic rings. The standard InChI is InChI=1S/C46H66N6O10/c1-57-29-19-35-5-9-39(10-6-35)59-33-41(31-49-25-15-37(16-26-49)51-23-3-21-47-45(51)55)61-43(53)13-14-44(54)62-42(34-60-40-11-7-36(8-12-40)20-30-58-2)32-50-27-17-38(18-28-50)52-24-4-22-48-46(52)56/h5-14,37-38,41-42H,3-4,15-34H2,1-2H3,(H,47,55)(H,48,56)/b14-13+. The Hall–Kier alpha value is -4.90. The van der Waals surface area contributed by atoms with E-state index in [2.05, 4.69) is 20.4 Å². The van der Waals surface area contributed by atoms with Gasteiger partial charge in [0.25, 0.3) is 0 Å². The molecule has 2 N–H and O–H groups in total. The summed E-state index contributed by atoms with van der Waals surface area (Å²) in [5.74, 6) is -0.0682. The lowest BCUT2D eigenvalue weighted by molar-refractivity contribution is -0.148. The number of rotatable bonds is 22. The van der Waals surface area contributed by atoms with Crippen molar-refractivity contribution in [3.63, 3.8) is 0 Å². The van der Waals surface area contributed by atoms with Crippen molar-refractivity contribution in [2.75, 3.05) is 106 Å². The smallest absolute Gasteiger partial charge is 0.331 e. The van der Waals surface area contributed by atoms with E-state index >= 15 is 0 Å². The Morgan fingerprint density at radius 3 is 1.35 bits per heavy atom. The number of hydrogen-bond donors (Lipinski definition) is 2. The van der Waals surface area contributed by atoms with Crippen LogP contribution < -0.4 is 20.1 Å². The highest BCUT2D eigenvalue weighted by atomic mass is 16.6. The minimum atomic E-state index is -0.685. The molecule has 0 spiro atoms. The summed E-state index contributed by atoms with van der Waals surface area (Å²) in [6, 6.07) is 15.9. The number of methoxy groups -OCH3 is 2. The van der Waals surface area contributed by atoms with Gasteiger partial charge in [0.1, 0.15) is 36.9 Å². The van der Waals surface area contributed by atoms with Crippen molar-refractivity contribution in [2.24, 2.45) is 0 Å². The van der Waals surface area contributed by atoms with E-state index in [1.165, 1.54) is 0 Å². The molecule has 4 aliphatic rings. The van der Waals surface area contributed by atoms with Crippen molar-refractivity contribution in [1.82, 2.24) is 30.2 Å². The van der Waals surface area contributed by atoms with Gasteiger partial charge in [-0.05, 0) is 86.8 Å². The number of carbonyl (C=O) groups is 4. The first-order valence-corrected chi connectivity index (χ1v) is 22.3. The summed E-state index contributed by atoms with van der Waals surface area (Å²) in [6.07, 6.45) is 7.68. The Morgan fingerprint density at radius 1 is 0.613 bits per heavy atom. The summed E-state index contributed by atoms with van der Waals surface area (Å²) in [5, 5.41) is 5.90. The predicted octanol–water partition coefficient (Wildman–Crippen LogP) is 3.66. The summed E-state index contributed by atoms with van der Waals surface area (Å²) < 4.78 is 34.5. The molecule has 4 heterocycles. The van der Waals surface area contributed by atoms with Crippen LogP contribution >= 0.6 is 0 Å². The normalized spacial score (nSPS) is 19.5. The molecule has 4 amide bonds. The molecular formula is C46H66N6O10. The van der Waals surface area contributed by atoms with E-state index in [0.717, 1.165) is 114 Å². The third-order valence-corrected chi connectivity index (χ3v) is 12.0. The number of esters is 2. The number of urea groups is 2. The largest absolute Gasteiger partial charge is 0.490 e. The second-order valence-electron chi connectivity index (χ2n) is 16.5. The first-order valence-electron chi connectivity index (χ1n) is 22.3. The average molecular weight is 863 g/mol. The molecule has 340 valence electrons. The molecule has 4 saturated heterocycles. The Morgan fingerprint density at radius 2 is 1.00 bits per heavy atom. The Labute approximate surface area is 366 Å². The monoisotopic (exact) mass is 862 g/mol. The number of carbonyl (C=O) groups excluding carboxylic acids is 4. The number of amides is 4. The van der Waals surface area contributed by atoms with Crippen LogP contribution in [0, 0.1) is 0 Å². The van der Waals surface area contributed by atoms with Gasteiger partial charge < -0.3 is 48.9 Å². The highest BCUT2D eigenvalue weighted by molar-refractivity contribution is 5.91. The van der Waals surface area contributed by atoms with Crippen LogP contribution in [-0.4, -0.2) is 174 Å². The van der Waals surface area contributed by atoms with Crippen molar-refractivity contribution in [3.8, 4) is 11.5 Å². The Bertz CT molecular complexity index is 1600. The van der Waals surface area contributed by atoms with E-state index in [1.807, 2.05) is 58.3 Å². The van der Waals surface area contributed by atoms with Gasteiger partial charge in [0, 0.05) is 104 Å². The van der Waals surface area contributed by atoms with E-state index in [-0.39, 0.29) is 37.4 Å².